The van der Waals surface area contributed by atoms with E-state index in [4.69, 9.17) is 0 Å². The molecule has 2 aliphatic rings. The molecule has 3 aromatic rings. The van der Waals surface area contributed by atoms with Crippen molar-refractivity contribution in [3.8, 4) is 0 Å². The van der Waals surface area contributed by atoms with Crippen molar-refractivity contribution >= 4 is 25.5 Å². The maximum atomic E-state index is 13.7. The number of benzene rings is 1. The van der Waals surface area contributed by atoms with E-state index in [2.05, 4.69) is 40.6 Å². The second kappa shape index (κ2) is 9.42. The fourth-order valence-electron chi connectivity index (χ4n) is 5.25. The van der Waals surface area contributed by atoms with Crippen molar-refractivity contribution in [2.45, 2.75) is 76.7 Å². The van der Waals surface area contributed by atoms with Gasteiger partial charge in [-0.2, -0.15) is 0 Å². The van der Waals surface area contributed by atoms with Crippen molar-refractivity contribution in [3.63, 3.8) is 0 Å². The number of aliphatic hydroxyl groups is 1. The third kappa shape index (κ3) is 4.89. The lowest BCUT2D eigenvalue weighted by molar-refractivity contribution is -0.118. The van der Waals surface area contributed by atoms with E-state index in [9.17, 15) is 23.5 Å². The Morgan fingerprint density at radius 1 is 1.21 bits per heavy atom. The zero-order valence-electron chi connectivity index (χ0n) is 21.9. The first-order valence-corrected chi connectivity index (χ1v) is 16.5. The molecule has 1 aliphatic carbocycles. The van der Waals surface area contributed by atoms with Crippen LogP contribution in [0.5, 0.6) is 0 Å². The first kappa shape index (κ1) is 26.2. The molecule has 1 aromatic carbocycles. The molecule has 5 rings (SSSR count). The first-order valence-electron chi connectivity index (χ1n) is 12.8. The molecule has 3 heterocycles. The number of carbonyl (C=O) groups excluding carboxylic acids is 2. The number of aromatic nitrogens is 4. The van der Waals surface area contributed by atoms with Gasteiger partial charge in [-0.05, 0) is 50.3 Å². The zero-order valence-corrected chi connectivity index (χ0v) is 22.9. The van der Waals surface area contributed by atoms with Gasteiger partial charge in [-0.3, -0.25) is 14.3 Å². The molecule has 9 nitrogen and oxygen atoms in total. The second-order valence-corrected chi connectivity index (χ2v) is 16.9. The van der Waals surface area contributed by atoms with Crippen LogP contribution in [-0.4, -0.2) is 44.4 Å². The van der Waals surface area contributed by atoms with E-state index >= 15 is 0 Å². The van der Waals surface area contributed by atoms with Crippen molar-refractivity contribution < 1.29 is 23.5 Å². The smallest absolute Gasteiger partial charge is 0.294 e. The number of anilines is 1. The Morgan fingerprint density at radius 3 is 2.61 bits per heavy atom. The lowest BCUT2D eigenvalue weighted by Gasteiger charge is -2.17. The molecule has 2 aromatic heterocycles. The average Bonchev–Trinajstić information content (AvgIpc) is 3.14. The summed E-state index contributed by atoms with van der Waals surface area (Å²) in [6.45, 7) is 8.93. The molecule has 3 N–H and O–H groups in total. The Morgan fingerprint density at radius 2 is 1.95 bits per heavy atom. The van der Waals surface area contributed by atoms with Gasteiger partial charge in [0.2, 0.25) is 0 Å². The minimum atomic E-state index is -1.42. The van der Waals surface area contributed by atoms with Gasteiger partial charge in [0.25, 0.3) is 11.7 Å². The highest BCUT2D eigenvalue weighted by Gasteiger charge is 2.49. The summed E-state index contributed by atoms with van der Waals surface area (Å²) in [6.07, 6.45) is 4.10. The lowest BCUT2D eigenvalue weighted by Crippen LogP contribution is -2.40. The number of amides is 1. The normalized spacial score (nSPS) is 16.7. The van der Waals surface area contributed by atoms with E-state index in [0.717, 1.165) is 30.4 Å². The summed E-state index contributed by atoms with van der Waals surface area (Å²) in [5.74, 6) is -3.44. The Hall–Kier alpha value is -3.38. The highest BCUT2D eigenvalue weighted by Crippen LogP contribution is 2.44. The number of nitrogens with one attached hydrogen (secondary N) is 2. The number of rotatable bonds is 9. The summed E-state index contributed by atoms with van der Waals surface area (Å²) in [7, 11) is -1.42. The van der Waals surface area contributed by atoms with Crippen LogP contribution in [-0.2, 0) is 29.5 Å². The van der Waals surface area contributed by atoms with Gasteiger partial charge in [0.1, 0.15) is 5.69 Å². The van der Waals surface area contributed by atoms with E-state index < -0.39 is 43.2 Å². The van der Waals surface area contributed by atoms with Crippen LogP contribution >= 0.6 is 0 Å². The van der Waals surface area contributed by atoms with Gasteiger partial charge >= 0.3 is 0 Å². The maximum absolute atomic E-state index is 13.7. The number of nitrogens with zero attached hydrogens (tertiary/aromatic N) is 4. The summed E-state index contributed by atoms with van der Waals surface area (Å²) < 4.78 is 30.6. The molecule has 1 amide bonds. The van der Waals surface area contributed by atoms with Gasteiger partial charge in [-0.15, -0.1) is 5.10 Å². The minimum Gasteiger partial charge on any atom is -0.369 e. The van der Waals surface area contributed by atoms with Crippen LogP contribution in [0.4, 0.5) is 14.5 Å². The van der Waals surface area contributed by atoms with Crippen LogP contribution in [0.1, 0.15) is 58.5 Å². The third-order valence-electron chi connectivity index (χ3n) is 7.15. The predicted molar refractivity (Wildman–Crippen MR) is 139 cm³/mol. The molecule has 1 saturated carbocycles. The van der Waals surface area contributed by atoms with Crippen LogP contribution in [0.15, 0.2) is 24.4 Å². The quantitative estimate of drug-likeness (QED) is 0.165. The van der Waals surface area contributed by atoms with Crippen molar-refractivity contribution in [2.75, 3.05) is 5.32 Å². The fourth-order valence-corrected chi connectivity index (χ4v) is 6.38. The summed E-state index contributed by atoms with van der Waals surface area (Å²) in [5, 5.41) is 25.2. The van der Waals surface area contributed by atoms with E-state index in [-0.39, 0.29) is 11.4 Å². The zero-order chi connectivity index (χ0) is 27.4. The van der Waals surface area contributed by atoms with Crippen LogP contribution in [0.3, 0.4) is 0 Å². The average molecular weight is 543 g/mol. The van der Waals surface area contributed by atoms with Gasteiger partial charge in [-0.1, -0.05) is 24.9 Å². The molecular weight excluding hydrogens is 510 g/mol. The standard InChI is InChI=1S/C26H32F2N6O3Si/c1-15-21(24(36)29-16-7-8-17(27)18(28)12-16)19-6-5-11-34(19)22(15)23(35)25(37)30-26(9-10-26)20-13-33(32-31-20)14-38(2,3)4/h7-8,12-13,24,29,36H,5-6,9-11,14H2,1-4H3,(H,30,37). The number of fused-ring (bicyclic) bond motifs is 1. The van der Waals surface area contributed by atoms with Gasteiger partial charge in [0, 0.05) is 35.7 Å². The number of ketones is 1. The van der Waals surface area contributed by atoms with Gasteiger partial charge < -0.3 is 20.3 Å². The van der Waals surface area contributed by atoms with Crippen molar-refractivity contribution in [1.29, 1.82) is 0 Å². The van der Waals surface area contributed by atoms with Gasteiger partial charge in [0.15, 0.2) is 17.9 Å². The van der Waals surface area contributed by atoms with Gasteiger partial charge in [-0.25, -0.2) is 8.78 Å². The number of hydrogen-bond donors (Lipinski definition) is 3. The van der Waals surface area contributed by atoms with E-state index in [1.807, 2.05) is 10.9 Å². The maximum Gasteiger partial charge on any atom is 0.294 e. The third-order valence-corrected chi connectivity index (χ3v) is 8.42. The van der Waals surface area contributed by atoms with Crippen LogP contribution in [0, 0.1) is 18.6 Å². The van der Waals surface area contributed by atoms with Crippen LogP contribution < -0.4 is 10.6 Å². The Balaban J connectivity index is 1.37. The summed E-state index contributed by atoms with van der Waals surface area (Å²) in [4.78, 5) is 26.7. The molecular formula is C26H32F2N6O3Si. The van der Waals surface area contributed by atoms with E-state index in [1.165, 1.54) is 6.07 Å². The topological polar surface area (TPSA) is 114 Å². The number of Topliss-reactive ketones (excluding diaryl/α,β-unsaturated/α-hetero) is 1. The van der Waals surface area contributed by atoms with Crippen molar-refractivity contribution in [1.82, 2.24) is 24.9 Å². The molecule has 0 spiro atoms. The Kier molecular flexibility index (Phi) is 6.50. The largest absolute Gasteiger partial charge is 0.369 e. The second-order valence-electron chi connectivity index (χ2n) is 11.5. The first-order chi connectivity index (χ1) is 17.9. The molecule has 202 valence electrons. The molecule has 38 heavy (non-hydrogen) atoms. The number of hydrogen-bond acceptors (Lipinski definition) is 6. The number of carbonyl (C=O) groups is 2. The molecule has 1 atom stereocenters. The lowest BCUT2D eigenvalue weighted by atomic mass is 10.0. The molecule has 1 aliphatic heterocycles. The summed E-state index contributed by atoms with van der Waals surface area (Å²) >= 11 is 0. The minimum absolute atomic E-state index is 0.192. The molecule has 0 saturated heterocycles. The Labute approximate surface area is 220 Å². The summed E-state index contributed by atoms with van der Waals surface area (Å²) in [6, 6.07) is 3.25. The van der Waals surface area contributed by atoms with E-state index in [1.54, 1.807) is 11.5 Å². The fraction of sp³-hybridized carbons (Fsp3) is 0.462. The predicted octanol–water partition coefficient (Wildman–Crippen LogP) is 3.58. The summed E-state index contributed by atoms with van der Waals surface area (Å²) in [5.41, 5.74) is 2.08. The van der Waals surface area contributed by atoms with Gasteiger partial charge in [0.05, 0.1) is 25.5 Å². The monoisotopic (exact) mass is 542 g/mol. The Bertz CT molecular complexity index is 1420. The van der Waals surface area contributed by atoms with E-state index in [0.29, 0.717) is 42.6 Å². The number of aliphatic hydroxyl groups excluding tert-OH is 1. The van der Waals surface area contributed by atoms with Crippen LogP contribution in [0.2, 0.25) is 19.6 Å². The molecule has 0 bridgehead atoms. The SMILES string of the molecule is Cc1c(C(O)Nc2ccc(F)c(F)c2)c2n(c1C(=O)C(=O)NC1(c3cn(C[Si](C)(C)C)nn3)CC1)CCC2. The van der Waals surface area contributed by atoms with Crippen molar-refractivity contribution in [2.24, 2.45) is 0 Å². The highest BCUT2D eigenvalue weighted by molar-refractivity contribution is 6.74. The molecule has 1 unspecified atom stereocenters. The molecule has 0 radical (unpaired) electrons. The van der Waals surface area contributed by atoms with Crippen molar-refractivity contribution in [3.05, 3.63) is 64.2 Å². The molecule has 12 heteroatoms. The number of halogens is 2. The van der Waals surface area contributed by atoms with Crippen LogP contribution in [0.25, 0.3) is 0 Å². The molecule has 1 fully saturated rings. The highest BCUT2D eigenvalue weighted by atomic mass is 28.3.